The Balaban J connectivity index is 1.43. The fraction of sp³-hybridized carbons (Fsp3) is 0.238. The topological polar surface area (TPSA) is 82.6 Å². The number of rotatable bonds is 6. The fourth-order valence-corrected chi connectivity index (χ4v) is 3.84. The minimum absolute atomic E-state index is 0.294. The number of aromatic nitrogens is 6. The van der Waals surface area contributed by atoms with Crippen LogP contribution in [0.25, 0.3) is 0 Å². The molecule has 166 valence electrons. The second-order valence-corrected chi connectivity index (χ2v) is 9.00. The van der Waals surface area contributed by atoms with Gasteiger partial charge in [-0.05, 0) is 60.5 Å². The number of nitrogens with zero attached hydrogens (tertiary/aromatic N) is 6. The summed E-state index contributed by atoms with van der Waals surface area (Å²) in [4.78, 5) is 12.7. The first-order chi connectivity index (χ1) is 15.2. The van der Waals surface area contributed by atoms with Gasteiger partial charge in [0.1, 0.15) is 6.67 Å². The van der Waals surface area contributed by atoms with Crippen LogP contribution in [0.3, 0.4) is 0 Å². The Morgan fingerprint density at radius 2 is 1.81 bits per heavy atom. The molecule has 4 aromatic rings. The zero-order chi connectivity index (χ0) is 23.0. The number of halogens is 3. The van der Waals surface area contributed by atoms with Crippen LogP contribution < -0.4 is 5.32 Å². The Morgan fingerprint density at radius 1 is 1.03 bits per heavy atom. The molecular weight excluding hydrogens is 517 g/mol. The number of nitrogens with one attached hydrogen (secondary N) is 1. The normalized spacial score (nSPS) is 11.2. The number of carbonyl (C=O) groups excluding carboxylic acids is 1. The molecule has 3 aromatic heterocycles. The second-order valence-electron chi connectivity index (χ2n) is 7.40. The van der Waals surface area contributed by atoms with Crippen LogP contribution in [0, 0.1) is 20.8 Å². The molecule has 0 unspecified atom stereocenters. The van der Waals surface area contributed by atoms with E-state index in [1.54, 1.807) is 39.8 Å². The highest BCUT2D eigenvalue weighted by Crippen LogP contribution is 2.23. The summed E-state index contributed by atoms with van der Waals surface area (Å²) in [5.74, 6) is 0.113. The number of hydrogen-bond acceptors (Lipinski definition) is 4. The molecule has 0 spiro atoms. The first-order valence-electron chi connectivity index (χ1n) is 9.74. The van der Waals surface area contributed by atoms with Gasteiger partial charge in [-0.25, -0.2) is 4.68 Å². The van der Waals surface area contributed by atoms with Gasteiger partial charge in [0.05, 0.1) is 32.5 Å². The van der Waals surface area contributed by atoms with Gasteiger partial charge in [0.2, 0.25) is 0 Å². The lowest BCUT2D eigenvalue weighted by Crippen LogP contribution is -2.16. The summed E-state index contributed by atoms with van der Waals surface area (Å²) < 4.78 is 6.24. The Kier molecular flexibility index (Phi) is 6.41. The third-order valence-corrected chi connectivity index (χ3v) is 6.87. The SMILES string of the molecule is Cc1nn(Cn2ccc(C(=O)Nc3cc(C)n(Cc4ccc(Cl)c(Cl)c4)n3)n2)c(C)c1Br. The largest absolute Gasteiger partial charge is 0.304 e. The molecular formula is C21H20BrCl2N7O. The summed E-state index contributed by atoms with van der Waals surface area (Å²) in [7, 11) is 0. The maximum Gasteiger partial charge on any atom is 0.277 e. The highest BCUT2D eigenvalue weighted by atomic mass is 79.9. The van der Waals surface area contributed by atoms with E-state index in [0.29, 0.717) is 34.8 Å². The van der Waals surface area contributed by atoms with Crippen LogP contribution in [0.2, 0.25) is 10.0 Å². The number of amides is 1. The zero-order valence-corrected chi connectivity index (χ0v) is 20.7. The van der Waals surface area contributed by atoms with Gasteiger partial charge in [0, 0.05) is 18.0 Å². The molecule has 0 aliphatic rings. The second kappa shape index (κ2) is 9.09. The molecule has 0 aliphatic carbocycles. The standard InChI is InChI=1S/C21H20BrCl2N7O/c1-12-8-19(28-30(12)10-15-4-5-16(23)17(24)9-15)25-21(32)18-6-7-29(27-18)11-31-14(3)20(22)13(2)26-31/h4-9H,10-11H2,1-3H3,(H,25,28,32). The van der Waals surface area contributed by atoms with Crippen LogP contribution in [-0.2, 0) is 13.2 Å². The molecule has 0 saturated heterocycles. The van der Waals surface area contributed by atoms with Gasteiger partial charge < -0.3 is 5.32 Å². The Labute approximate surface area is 203 Å². The minimum Gasteiger partial charge on any atom is -0.304 e. The highest BCUT2D eigenvalue weighted by molar-refractivity contribution is 9.10. The van der Waals surface area contributed by atoms with E-state index >= 15 is 0 Å². The maximum atomic E-state index is 12.7. The zero-order valence-electron chi connectivity index (χ0n) is 17.6. The van der Waals surface area contributed by atoms with Crippen molar-refractivity contribution in [2.24, 2.45) is 0 Å². The van der Waals surface area contributed by atoms with Crippen molar-refractivity contribution in [3.8, 4) is 0 Å². The van der Waals surface area contributed by atoms with Crippen molar-refractivity contribution in [3.63, 3.8) is 0 Å². The van der Waals surface area contributed by atoms with Gasteiger partial charge >= 0.3 is 0 Å². The van der Waals surface area contributed by atoms with Crippen molar-refractivity contribution >= 4 is 50.9 Å². The van der Waals surface area contributed by atoms with E-state index in [0.717, 1.165) is 27.1 Å². The predicted octanol–water partition coefficient (Wildman–Crippen LogP) is 5.08. The van der Waals surface area contributed by atoms with Gasteiger partial charge in [-0.15, -0.1) is 0 Å². The van der Waals surface area contributed by atoms with Crippen LogP contribution in [0.5, 0.6) is 0 Å². The monoisotopic (exact) mass is 535 g/mol. The molecule has 1 amide bonds. The molecule has 1 aromatic carbocycles. The lowest BCUT2D eigenvalue weighted by atomic mass is 10.2. The molecule has 0 radical (unpaired) electrons. The van der Waals surface area contributed by atoms with E-state index in [1.807, 2.05) is 31.5 Å². The number of anilines is 1. The van der Waals surface area contributed by atoms with E-state index in [4.69, 9.17) is 23.2 Å². The van der Waals surface area contributed by atoms with Crippen molar-refractivity contribution in [2.75, 3.05) is 5.32 Å². The van der Waals surface area contributed by atoms with E-state index in [1.165, 1.54) is 0 Å². The third-order valence-electron chi connectivity index (χ3n) is 4.98. The lowest BCUT2D eigenvalue weighted by Gasteiger charge is -2.06. The van der Waals surface area contributed by atoms with E-state index in [9.17, 15) is 4.79 Å². The number of benzene rings is 1. The van der Waals surface area contributed by atoms with E-state index in [2.05, 4.69) is 36.5 Å². The summed E-state index contributed by atoms with van der Waals surface area (Å²) >= 11 is 15.6. The van der Waals surface area contributed by atoms with Gasteiger partial charge in [0.25, 0.3) is 5.91 Å². The van der Waals surface area contributed by atoms with Crippen molar-refractivity contribution in [1.82, 2.24) is 29.3 Å². The van der Waals surface area contributed by atoms with Crippen LogP contribution in [0.4, 0.5) is 5.82 Å². The first kappa shape index (κ1) is 22.6. The van der Waals surface area contributed by atoms with Gasteiger partial charge in [-0.2, -0.15) is 15.3 Å². The average Bonchev–Trinajstić information content (AvgIpc) is 3.41. The quantitative estimate of drug-likeness (QED) is 0.372. The van der Waals surface area contributed by atoms with Crippen molar-refractivity contribution in [1.29, 1.82) is 0 Å². The van der Waals surface area contributed by atoms with Crippen molar-refractivity contribution in [2.45, 2.75) is 34.0 Å². The molecule has 0 saturated carbocycles. The predicted molar refractivity (Wildman–Crippen MR) is 128 cm³/mol. The molecule has 8 nitrogen and oxygen atoms in total. The molecule has 32 heavy (non-hydrogen) atoms. The summed E-state index contributed by atoms with van der Waals surface area (Å²) in [6.07, 6.45) is 1.74. The molecule has 0 atom stereocenters. The summed E-state index contributed by atoms with van der Waals surface area (Å²) in [6.45, 7) is 6.73. The van der Waals surface area contributed by atoms with Gasteiger partial charge in [-0.1, -0.05) is 29.3 Å². The molecule has 0 fully saturated rings. The smallest absolute Gasteiger partial charge is 0.277 e. The number of carbonyl (C=O) groups is 1. The summed E-state index contributed by atoms with van der Waals surface area (Å²) in [5, 5.41) is 17.1. The maximum absolute atomic E-state index is 12.7. The third kappa shape index (κ3) is 4.74. The number of aryl methyl sites for hydroxylation is 2. The molecule has 0 aliphatic heterocycles. The van der Waals surface area contributed by atoms with Crippen molar-refractivity contribution in [3.05, 3.63) is 79.4 Å². The summed E-state index contributed by atoms with van der Waals surface area (Å²) in [6, 6.07) is 8.91. The van der Waals surface area contributed by atoms with Crippen molar-refractivity contribution < 1.29 is 4.79 Å². The first-order valence-corrected chi connectivity index (χ1v) is 11.3. The number of hydrogen-bond donors (Lipinski definition) is 1. The average molecular weight is 537 g/mol. The minimum atomic E-state index is -0.336. The molecule has 4 rings (SSSR count). The highest BCUT2D eigenvalue weighted by Gasteiger charge is 2.15. The molecule has 3 heterocycles. The summed E-state index contributed by atoms with van der Waals surface area (Å²) in [5.41, 5.74) is 4.04. The fourth-order valence-electron chi connectivity index (χ4n) is 3.23. The van der Waals surface area contributed by atoms with E-state index < -0.39 is 0 Å². The van der Waals surface area contributed by atoms with Crippen LogP contribution in [0.15, 0.2) is 41.0 Å². The molecule has 0 bridgehead atoms. The van der Waals surface area contributed by atoms with Crippen LogP contribution in [-0.4, -0.2) is 35.2 Å². The molecule has 1 N–H and O–H groups in total. The Bertz CT molecular complexity index is 1310. The van der Waals surface area contributed by atoms with Crippen LogP contribution in [0.1, 0.15) is 33.1 Å². The Morgan fingerprint density at radius 3 is 2.50 bits per heavy atom. The van der Waals surface area contributed by atoms with E-state index in [-0.39, 0.29) is 5.91 Å². The van der Waals surface area contributed by atoms with Gasteiger partial charge in [-0.3, -0.25) is 14.2 Å². The Hall–Kier alpha value is -2.62. The van der Waals surface area contributed by atoms with Gasteiger partial charge in [0.15, 0.2) is 11.5 Å². The van der Waals surface area contributed by atoms with Crippen LogP contribution >= 0.6 is 39.1 Å². The molecule has 11 heteroatoms. The lowest BCUT2D eigenvalue weighted by molar-refractivity contribution is 0.102.